The molecule has 1 atom stereocenters. The Morgan fingerprint density at radius 2 is 2.10 bits per heavy atom. The molecule has 9 heteroatoms. The lowest BCUT2D eigenvalue weighted by molar-refractivity contribution is 0.00928. The van der Waals surface area contributed by atoms with E-state index < -0.39 is 12.0 Å². The zero-order valence-corrected chi connectivity index (χ0v) is 16.1. The lowest BCUT2D eigenvalue weighted by Gasteiger charge is -2.17. The van der Waals surface area contributed by atoms with Crippen LogP contribution < -0.4 is 5.32 Å². The molecule has 2 aromatic heterocycles. The summed E-state index contributed by atoms with van der Waals surface area (Å²) in [5, 5.41) is 3.11. The predicted molar refractivity (Wildman–Crippen MR) is 104 cm³/mol. The zero-order chi connectivity index (χ0) is 20.2. The Labute approximate surface area is 167 Å². The minimum Gasteiger partial charge on any atom is -0.465 e. The number of esters is 1. The Kier molecular flexibility index (Phi) is 5.66. The number of ether oxygens (including phenoxy) is 2. The number of aromatic nitrogens is 4. The Balaban J connectivity index is 1.55. The van der Waals surface area contributed by atoms with E-state index in [9.17, 15) is 9.18 Å². The first-order chi connectivity index (χ1) is 14.2. The summed E-state index contributed by atoms with van der Waals surface area (Å²) in [4.78, 5) is 23.7. The number of imidazole rings is 1. The van der Waals surface area contributed by atoms with Crippen LogP contribution >= 0.6 is 0 Å². The second-order valence-electron chi connectivity index (χ2n) is 6.88. The number of carbonyl (C=O) groups is 1. The van der Waals surface area contributed by atoms with Crippen molar-refractivity contribution in [2.75, 3.05) is 19.0 Å². The van der Waals surface area contributed by atoms with Crippen molar-refractivity contribution in [2.45, 2.75) is 38.5 Å². The molecule has 0 saturated carbocycles. The summed E-state index contributed by atoms with van der Waals surface area (Å²) < 4.78 is 26.5. The van der Waals surface area contributed by atoms with Crippen LogP contribution in [0.3, 0.4) is 0 Å². The highest BCUT2D eigenvalue weighted by atomic mass is 19.1. The second kappa shape index (κ2) is 8.52. The van der Waals surface area contributed by atoms with Crippen molar-refractivity contribution in [3.63, 3.8) is 0 Å². The molecule has 29 heavy (non-hydrogen) atoms. The number of nitrogens with one attached hydrogen (secondary N) is 1. The molecule has 1 unspecified atom stereocenters. The Hall–Kier alpha value is -3.07. The van der Waals surface area contributed by atoms with Gasteiger partial charge in [0.25, 0.3) is 0 Å². The first kappa shape index (κ1) is 19.3. The lowest BCUT2D eigenvalue weighted by atomic mass is 10.1. The number of rotatable bonds is 5. The number of hydrogen-bond donors (Lipinski definition) is 1. The third-order valence-electron chi connectivity index (χ3n) is 4.95. The highest BCUT2D eigenvalue weighted by Crippen LogP contribution is 2.27. The fourth-order valence-corrected chi connectivity index (χ4v) is 3.41. The Morgan fingerprint density at radius 3 is 2.90 bits per heavy atom. The summed E-state index contributed by atoms with van der Waals surface area (Å²) in [5.41, 5.74) is 2.27. The number of anilines is 1. The van der Waals surface area contributed by atoms with Gasteiger partial charge in [-0.3, -0.25) is 4.57 Å². The molecule has 8 nitrogen and oxygen atoms in total. The van der Waals surface area contributed by atoms with E-state index in [0.717, 1.165) is 31.2 Å². The van der Waals surface area contributed by atoms with Crippen molar-refractivity contribution in [1.82, 2.24) is 19.5 Å². The monoisotopic (exact) mass is 399 g/mol. The number of nitrogens with zero attached hydrogens (tertiary/aromatic N) is 4. The number of benzene rings is 1. The fourth-order valence-electron chi connectivity index (χ4n) is 3.41. The summed E-state index contributed by atoms with van der Waals surface area (Å²) in [6, 6.07) is 6.95. The van der Waals surface area contributed by atoms with Gasteiger partial charge in [-0.1, -0.05) is 18.6 Å². The summed E-state index contributed by atoms with van der Waals surface area (Å²) in [6.07, 6.45) is 4.64. The zero-order valence-electron chi connectivity index (χ0n) is 16.1. The smallest absolute Gasteiger partial charge is 0.337 e. The molecule has 1 aliphatic rings. The molecular formula is C20H22FN5O3. The molecule has 1 N–H and O–H groups in total. The molecule has 0 spiro atoms. The number of carbonyl (C=O) groups excluding carboxylic acids is 1. The van der Waals surface area contributed by atoms with Gasteiger partial charge in [0.2, 0.25) is 0 Å². The van der Waals surface area contributed by atoms with Gasteiger partial charge in [0.05, 0.1) is 19.0 Å². The third kappa shape index (κ3) is 4.19. The van der Waals surface area contributed by atoms with Gasteiger partial charge in [0.15, 0.2) is 17.0 Å². The normalized spacial score (nSPS) is 17.1. The molecule has 1 aliphatic heterocycles. The SMILES string of the molecule is COC(=O)c1ccc(CNc2nc(F)nc3c2ncn3C2CCCCCO2)cc1. The molecule has 152 valence electrons. The van der Waals surface area contributed by atoms with Gasteiger partial charge >= 0.3 is 12.0 Å². The van der Waals surface area contributed by atoms with Crippen molar-refractivity contribution in [3.05, 3.63) is 47.8 Å². The quantitative estimate of drug-likeness (QED) is 0.519. The number of hydrogen-bond acceptors (Lipinski definition) is 7. The average Bonchev–Trinajstić information content (AvgIpc) is 2.97. The predicted octanol–water partition coefficient (Wildman–Crippen LogP) is 3.45. The van der Waals surface area contributed by atoms with E-state index in [0.29, 0.717) is 35.7 Å². The van der Waals surface area contributed by atoms with Crippen LogP contribution in [0.1, 0.15) is 47.8 Å². The van der Waals surface area contributed by atoms with Gasteiger partial charge in [-0.2, -0.15) is 14.4 Å². The van der Waals surface area contributed by atoms with Gasteiger partial charge in [-0.25, -0.2) is 9.78 Å². The lowest BCUT2D eigenvalue weighted by Crippen LogP contribution is -2.12. The van der Waals surface area contributed by atoms with Crippen LogP contribution in [0.15, 0.2) is 30.6 Å². The molecule has 0 bridgehead atoms. The molecule has 1 aromatic carbocycles. The van der Waals surface area contributed by atoms with Crippen LogP contribution in [-0.2, 0) is 16.0 Å². The Morgan fingerprint density at radius 1 is 1.28 bits per heavy atom. The molecule has 3 heterocycles. The van der Waals surface area contributed by atoms with E-state index in [1.807, 2.05) is 0 Å². The van der Waals surface area contributed by atoms with Crippen molar-refractivity contribution in [2.24, 2.45) is 0 Å². The number of methoxy groups -OCH3 is 1. The maximum atomic E-state index is 14.1. The molecule has 0 aliphatic carbocycles. The van der Waals surface area contributed by atoms with E-state index >= 15 is 0 Å². The molecule has 3 aromatic rings. The Bertz CT molecular complexity index is 997. The number of fused-ring (bicyclic) bond motifs is 1. The maximum absolute atomic E-state index is 14.1. The molecule has 0 amide bonds. The molecule has 0 radical (unpaired) electrons. The summed E-state index contributed by atoms with van der Waals surface area (Å²) >= 11 is 0. The van der Waals surface area contributed by atoms with Crippen LogP contribution in [0.25, 0.3) is 11.2 Å². The van der Waals surface area contributed by atoms with Gasteiger partial charge in [0, 0.05) is 13.2 Å². The van der Waals surface area contributed by atoms with E-state index in [1.54, 1.807) is 35.2 Å². The van der Waals surface area contributed by atoms with Crippen molar-refractivity contribution < 1.29 is 18.7 Å². The molecule has 1 saturated heterocycles. The molecule has 4 rings (SSSR count). The largest absolute Gasteiger partial charge is 0.465 e. The van der Waals surface area contributed by atoms with Crippen LogP contribution in [0.2, 0.25) is 0 Å². The topological polar surface area (TPSA) is 91.2 Å². The van der Waals surface area contributed by atoms with E-state index in [-0.39, 0.29) is 6.23 Å². The minimum atomic E-state index is -0.823. The average molecular weight is 399 g/mol. The molecule has 1 fully saturated rings. The van der Waals surface area contributed by atoms with E-state index in [2.05, 4.69) is 20.3 Å². The van der Waals surface area contributed by atoms with Crippen molar-refractivity contribution in [3.8, 4) is 0 Å². The standard InChI is InChI=1S/C20H22FN5O3/c1-28-19(27)14-8-6-13(7-9-14)11-22-17-16-18(25-20(21)24-17)26(12-23-16)15-5-3-2-4-10-29-15/h6-9,12,15H,2-5,10-11H2,1H3,(H,22,24,25). The first-order valence-corrected chi connectivity index (χ1v) is 9.58. The maximum Gasteiger partial charge on any atom is 0.337 e. The summed E-state index contributed by atoms with van der Waals surface area (Å²) in [7, 11) is 1.34. The number of halogens is 1. The summed E-state index contributed by atoms with van der Waals surface area (Å²) in [5.74, 6) is -0.0766. The van der Waals surface area contributed by atoms with Crippen molar-refractivity contribution >= 4 is 23.0 Å². The van der Waals surface area contributed by atoms with Gasteiger partial charge in [-0.15, -0.1) is 0 Å². The van der Waals surface area contributed by atoms with Gasteiger partial charge < -0.3 is 14.8 Å². The van der Waals surface area contributed by atoms with Crippen LogP contribution in [0.5, 0.6) is 0 Å². The summed E-state index contributed by atoms with van der Waals surface area (Å²) in [6.45, 7) is 1.06. The van der Waals surface area contributed by atoms with Crippen LogP contribution in [0.4, 0.5) is 10.2 Å². The van der Waals surface area contributed by atoms with Gasteiger partial charge in [-0.05, 0) is 37.0 Å². The second-order valence-corrected chi connectivity index (χ2v) is 6.88. The minimum absolute atomic E-state index is 0.199. The van der Waals surface area contributed by atoms with Crippen molar-refractivity contribution in [1.29, 1.82) is 0 Å². The van der Waals surface area contributed by atoms with Gasteiger partial charge in [0.1, 0.15) is 6.23 Å². The fraction of sp³-hybridized carbons (Fsp3) is 0.400. The highest BCUT2D eigenvalue weighted by Gasteiger charge is 2.20. The van der Waals surface area contributed by atoms with E-state index in [1.165, 1.54) is 7.11 Å². The third-order valence-corrected chi connectivity index (χ3v) is 4.95. The molecular weight excluding hydrogens is 377 g/mol. The van der Waals surface area contributed by atoms with Crippen LogP contribution in [0, 0.1) is 6.08 Å². The highest BCUT2D eigenvalue weighted by molar-refractivity contribution is 5.89. The van der Waals surface area contributed by atoms with Crippen LogP contribution in [-0.4, -0.2) is 39.2 Å². The first-order valence-electron chi connectivity index (χ1n) is 9.58. The van der Waals surface area contributed by atoms with E-state index in [4.69, 9.17) is 9.47 Å².